The smallest absolute Gasteiger partial charge is 0.203 e. The molecular formula is C13H19N5. The van der Waals surface area contributed by atoms with Crippen LogP contribution < -0.4 is 5.32 Å². The molecule has 0 amide bonds. The van der Waals surface area contributed by atoms with Crippen molar-refractivity contribution in [2.75, 3.05) is 11.9 Å². The van der Waals surface area contributed by atoms with Crippen LogP contribution in [-0.4, -0.2) is 25.9 Å². The number of rotatable bonds is 1. The Morgan fingerprint density at radius 1 is 1.33 bits per heavy atom. The van der Waals surface area contributed by atoms with Crippen LogP contribution in [-0.2, 0) is 7.05 Å². The summed E-state index contributed by atoms with van der Waals surface area (Å²) in [5, 5.41) is 7.88. The Labute approximate surface area is 107 Å². The van der Waals surface area contributed by atoms with Crippen LogP contribution >= 0.6 is 0 Å². The van der Waals surface area contributed by atoms with Crippen LogP contribution in [0.4, 0.5) is 5.95 Å². The number of imidazole rings is 1. The molecule has 96 valence electrons. The molecule has 5 heteroatoms. The van der Waals surface area contributed by atoms with E-state index in [4.69, 9.17) is 0 Å². The summed E-state index contributed by atoms with van der Waals surface area (Å²) in [6, 6.07) is 0.358. The number of anilines is 1. The fraction of sp³-hybridized carbons (Fsp3) is 0.538. The Kier molecular flexibility index (Phi) is 2.43. The summed E-state index contributed by atoms with van der Waals surface area (Å²) in [6.07, 6.45) is 3.20. The van der Waals surface area contributed by atoms with Crippen molar-refractivity contribution in [2.45, 2.75) is 33.2 Å². The van der Waals surface area contributed by atoms with Gasteiger partial charge in [-0.1, -0.05) is 0 Å². The van der Waals surface area contributed by atoms with E-state index in [2.05, 4.69) is 40.0 Å². The second kappa shape index (κ2) is 3.86. The van der Waals surface area contributed by atoms with Crippen molar-refractivity contribution in [3.63, 3.8) is 0 Å². The molecule has 1 atom stereocenters. The highest BCUT2D eigenvalue weighted by Gasteiger charge is 2.26. The van der Waals surface area contributed by atoms with Gasteiger partial charge in [0.1, 0.15) is 0 Å². The Hall–Kier alpha value is -1.78. The van der Waals surface area contributed by atoms with E-state index in [1.165, 1.54) is 11.3 Å². The van der Waals surface area contributed by atoms with Crippen molar-refractivity contribution in [1.29, 1.82) is 0 Å². The molecule has 5 nitrogen and oxygen atoms in total. The summed E-state index contributed by atoms with van der Waals surface area (Å²) in [6.45, 7) is 7.23. The topological polar surface area (TPSA) is 47.7 Å². The molecule has 2 aromatic heterocycles. The summed E-state index contributed by atoms with van der Waals surface area (Å²) >= 11 is 0. The maximum atomic E-state index is 4.53. The minimum Gasteiger partial charge on any atom is -0.356 e. The number of hydrogen-bond acceptors (Lipinski definition) is 3. The summed E-state index contributed by atoms with van der Waals surface area (Å²) in [7, 11) is 2.01. The van der Waals surface area contributed by atoms with Crippen LogP contribution in [0.1, 0.15) is 35.1 Å². The molecule has 0 fully saturated rings. The molecular weight excluding hydrogens is 226 g/mol. The average molecular weight is 245 g/mol. The zero-order chi connectivity index (χ0) is 12.9. The third-order valence-electron chi connectivity index (χ3n) is 3.79. The largest absolute Gasteiger partial charge is 0.356 e. The lowest BCUT2D eigenvalue weighted by Crippen LogP contribution is -2.24. The van der Waals surface area contributed by atoms with E-state index >= 15 is 0 Å². The predicted octanol–water partition coefficient (Wildman–Crippen LogP) is 1.95. The van der Waals surface area contributed by atoms with Gasteiger partial charge in [-0.3, -0.25) is 4.68 Å². The Morgan fingerprint density at radius 2 is 2.11 bits per heavy atom. The molecule has 0 aromatic carbocycles. The summed E-state index contributed by atoms with van der Waals surface area (Å²) in [4.78, 5) is 4.52. The number of nitrogens with zero attached hydrogens (tertiary/aromatic N) is 4. The Morgan fingerprint density at radius 3 is 2.78 bits per heavy atom. The SMILES string of the molecule is Cc1cn2c(n1)NCCC2c1c(C)nn(C)c1C. The lowest BCUT2D eigenvalue weighted by Gasteiger charge is -2.26. The third kappa shape index (κ3) is 1.54. The standard InChI is InChI=1S/C13H19N5/c1-8-7-18-11(5-6-14-13(18)15-8)12-9(2)16-17(4)10(12)3/h7,11H,5-6H2,1-4H3,(H,14,15). The van der Waals surface area contributed by atoms with Gasteiger partial charge in [0.15, 0.2) is 0 Å². The molecule has 0 spiro atoms. The van der Waals surface area contributed by atoms with Crippen LogP contribution in [0.3, 0.4) is 0 Å². The minimum absolute atomic E-state index is 0.358. The van der Waals surface area contributed by atoms with Crippen LogP contribution in [0.5, 0.6) is 0 Å². The van der Waals surface area contributed by atoms with Gasteiger partial charge in [-0.25, -0.2) is 4.98 Å². The molecule has 1 N–H and O–H groups in total. The van der Waals surface area contributed by atoms with Gasteiger partial charge in [-0.15, -0.1) is 0 Å². The van der Waals surface area contributed by atoms with E-state index in [1.807, 2.05) is 18.7 Å². The quantitative estimate of drug-likeness (QED) is 0.835. The van der Waals surface area contributed by atoms with E-state index in [9.17, 15) is 0 Å². The molecule has 1 aliphatic rings. The van der Waals surface area contributed by atoms with E-state index in [0.717, 1.165) is 30.3 Å². The van der Waals surface area contributed by atoms with Gasteiger partial charge in [-0.2, -0.15) is 5.10 Å². The molecule has 1 aliphatic heterocycles. The number of hydrogen-bond donors (Lipinski definition) is 1. The molecule has 3 heterocycles. The van der Waals surface area contributed by atoms with Gasteiger partial charge >= 0.3 is 0 Å². The monoisotopic (exact) mass is 245 g/mol. The van der Waals surface area contributed by atoms with Crippen molar-refractivity contribution in [2.24, 2.45) is 7.05 Å². The van der Waals surface area contributed by atoms with E-state index < -0.39 is 0 Å². The van der Waals surface area contributed by atoms with Crippen LogP contribution in [0, 0.1) is 20.8 Å². The average Bonchev–Trinajstić information content (AvgIpc) is 2.80. The van der Waals surface area contributed by atoms with Crippen LogP contribution in [0.2, 0.25) is 0 Å². The molecule has 0 saturated carbocycles. The second-order valence-corrected chi connectivity index (χ2v) is 5.05. The first kappa shape index (κ1) is 11.3. The molecule has 0 radical (unpaired) electrons. The van der Waals surface area contributed by atoms with E-state index in [0.29, 0.717) is 6.04 Å². The molecule has 0 aliphatic carbocycles. The first-order valence-electron chi connectivity index (χ1n) is 6.37. The molecule has 2 aromatic rings. The number of aryl methyl sites for hydroxylation is 3. The van der Waals surface area contributed by atoms with Crippen molar-refractivity contribution in [1.82, 2.24) is 19.3 Å². The highest BCUT2D eigenvalue weighted by Crippen LogP contribution is 2.33. The number of nitrogens with one attached hydrogen (secondary N) is 1. The van der Waals surface area contributed by atoms with E-state index in [-0.39, 0.29) is 0 Å². The van der Waals surface area contributed by atoms with Gasteiger partial charge in [0.25, 0.3) is 0 Å². The predicted molar refractivity (Wildman–Crippen MR) is 70.9 cm³/mol. The number of fused-ring (bicyclic) bond motifs is 1. The zero-order valence-corrected chi connectivity index (χ0v) is 11.4. The summed E-state index contributed by atoms with van der Waals surface area (Å²) in [5.41, 5.74) is 4.78. The van der Waals surface area contributed by atoms with Crippen molar-refractivity contribution >= 4 is 5.95 Å². The Balaban J connectivity index is 2.13. The van der Waals surface area contributed by atoms with Gasteiger partial charge in [0, 0.05) is 31.0 Å². The first-order chi connectivity index (χ1) is 8.58. The normalized spacial score (nSPS) is 18.6. The summed E-state index contributed by atoms with van der Waals surface area (Å²) < 4.78 is 4.21. The third-order valence-corrected chi connectivity index (χ3v) is 3.79. The molecule has 0 bridgehead atoms. The van der Waals surface area contributed by atoms with Gasteiger partial charge in [0.05, 0.1) is 17.4 Å². The van der Waals surface area contributed by atoms with Crippen LogP contribution in [0.15, 0.2) is 6.20 Å². The van der Waals surface area contributed by atoms with Gasteiger partial charge in [-0.05, 0) is 27.2 Å². The highest BCUT2D eigenvalue weighted by atomic mass is 15.3. The molecule has 0 saturated heterocycles. The van der Waals surface area contributed by atoms with Crippen LogP contribution in [0.25, 0.3) is 0 Å². The minimum atomic E-state index is 0.358. The fourth-order valence-electron chi connectivity index (χ4n) is 2.90. The number of aromatic nitrogens is 4. The van der Waals surface area contributed by atoms with Gasteiger partial charge < -0.3 is 9.88 Å². The highest BCUT2D eigenvalue weighted by molar-refractivity contribution is 5.38. The summed E-state index contributed by atoms with van der Waals surface area (Å²) in [5.74, 6) is 0.978. The lowest BCUT2D eigenvalue weighted by molar-refractivity contribution is 0.525. The fourth-order valence-corrected chi connectivity index (χ4v) is 2.90. The molecule has 1 unspecified atom stereocenters. The Bertz CT molecular complexity index is 593. The maximum absolute atomic E-state index is 4.53. The van der Waals surface area contributed by atoms with E-state index in [1.54, 1.807) is 0 Å². The lowest BCUT2D eigenvalue weighted by atomic mass is 10.0. The van der Waals surface area contributed by atoms with Crippen molar-refractivity contribution in [3.8, 4) is 0 Å². The van der Waals surface area contributed by atoms with Crippen molar-refractivity contribution in [3.05, 3.63) is 28.8 Å². The maximum Gasteiger partial charge on any atom is 0.203 e. The van der Waals surface area contributed by atoms with Gasteiger partial charge in [0.2, 0.25) is 5.95 Å². The first-order valence-corrected chi connectivity index (χ1v) is 6.37. The molecule has 18 heavy (non-hydrogen) atoms. The van der Waals surface area contributed by atoms with Crippen molar-refractivity contribution < 1.29 is 0 Å². The zero-order valence-electron chi connectivity index (χ0n) is 11.4. The second-order valence-electron chi connectivity index (χ2n) is 5.05. The molecule has 3 rings (SSSR count).